The van der Waals surface area contributed by atoms with Gasteiger partial charge in [0.15, 0.2) is 0 Å². The normalized spacial score (nSPS) is 15.7. The van der Waals surface area contributed by atoms with E-state index >= 15 is 0 Å². The highest BCUT2D eigenvalue weighted by molar-refractivity contribution is 5.92. The fraction of sp³-hybridized carbons (Fsp3) is 0.579. The number of carbonyl (C=O) groups excluding carboxylic acids is 1. The lowest BCUT2D eigenvalue weighted by atomic mass is 9.92. The number of aromatic nitrogens is 2. The zero-order valence-corrected chi connectivity index (χ0v) is 14.6. The van der Waals surface area contributed by atoms with Gasteiger partial charge in [0.2, 0.25) is 11.9 Å². The molecule has 0 radical (unpaired) electrons. The van der Waals surface area contributed by atoms with Gasteiger partial charge in [0.05, 0.1) is 11.0 Å². The topological polar surface area (TPSA) is 46.9 Å². The molecule has 0 saturated heterocycles. The largest absolute Gasteiger partial charge is 0.307 e. The maximum atomic E-state index is 12.3. The molecule has 1 aromatic carbocycles. The molecule has 1 saturated carbocycles. The van der Waals surface area contributed by atoms with Crippen LogP contribution in [-0.4, -0.2) is 15.5 Å². The third-order valence-corrected chi connectivity index (χ3v) is 4.54. The third kappa shape index (κ3) is 3.41. The van der Waals surface area contributed by atoms with E-state index in [9.17, 15) is 4.79 Å². The minimum absolute atomic E-state index is 0.0211. The third-order valence-electron chi connectivity index (χ3n) is 4.54. The van der Waals surface area contributed by atoms with Gasteiger partial charge in [0.1, 0.15) is 0 Å². The summed E-state index contributed by atoms with van der Waals surface area (Å²) in [4.78, 5) is 17.0. The van der Waals surface area contributed by atoms with E-state index in [0.29, 0.717) is 18.4 Å². The van der Waals surface area contributed by atoms with Crippen LogP contribution < -0.4 is 5.32 Å². The number of nitrogens with one attached hydrogen (secondary N) is 1. The second-order valence-electron chi connectivity index (χ2n) is 7.85. The molecule has 1 amide bonds. The quantitative estimate of drug-likeness (QED) is 0.889. The molecule has 124 valence electrons. The van der Waals surface area contributed by atoms with E-state index in [0.717, 1.165) is 17.5 Å². The second-order valence-corrected chi connectivity index (χ2v) is 7.85. The van der Waals surface area contributed by atoms with Crippen molar-refractivity contribution in [3.63, 3.8) is 0 Å². The minimum Gasteiger partial charge on any atom is -0.307 e. The predicted molar refractivity (Wildman–Crippen MR) is 94.7 cm³/mol. The molecule has 1 aliphatic carbocycles. The number of aryl methyl sites for hydroxylation is 1. The summed E-state index contributed by atoms with van der Waals surface area (Å²) in [7, 11) is 0. The molecule has 1 aliphatic rings. The van der Waals surface area contributed by atoms with Gasteiger partial charge < -0.3 is 4.57 Å². The first-order valence-corrected chi connectivity index (χ1v) is 8.68. The number of benzene rings is 1. The SMILES string of the molecule is CCc1ccc2nc(NC(=O)CC(C)(C)C)n(C3CCC3)c2c1. The Morgan fingerprint density at radius 2 is 2.09 bits per heavy atom. The fourth-order valence-electron chi connectivity index (χ4n) is 3.11. The van der Waals surface area contributed by atoms with Crippen LogP contribution in [0.1, 0.15) is 65.0 Å². The molecule has 4 heteroatoms. The van der Waals surface area contributed by atoms with E-state index in [-0.39, 0.29) is 11.3 Å². The molecule has 0 bridgehead atoms. The number of amides is 1. The number of imidazole rings is 1. The maximum absolute atomic E-state index is 12.3. The highest BCUT2D eigenvalue weighted by atomic mass is 16.1. The van der Waals surface area contributed by atoms with E-state index in [1.54, 1.807) is 0 Å². The van der Waals surface area contributed by atoms with Crippen LogP contribution in [0.3, 0.4) is 0 Å². The number of anilines is 1. The summed E-state index contributed by atoms with van der Waals surface area (Å²) in [6.45, 7) is 8.40. The van der Waals surface area contributed by atoms with Gasteiger partial charge in [0, 0.05) is 12.5 Å². The van der Waals surface area contributed by atoms with Crippen LogP contribution in [0.4, 0.5) is 5.95 Å². The standard InChI is InChI=1S/C19H27N3O/c1-5-13-9-10-15-16(11-13)22(14-7-6-8-14)18(20-15)21-17(23)12-19(2,3)4/h9-11,14H,5-8,12H2,1-4H3,(H,20,21,23). The van der Waals surface area contributed by atoms with Gasteiger partial charge in [-0.15, -0.1) is 0 Å². The molecular formula is C19H27N3O. The fourth-order valence-corrected chi connectivity index (χ4v) is 3.11. The number of hydrogen-bond acceptors (Lipinski definition) is 2. The van der Waals surface area contributed by atoms with Crippen LogP contribution in [0.15, 0.2) is 18.2 Å². The molecule has 23 heavy (non-hydrogen) atoms. The number of hydrogen-bond donors (Lipinski definition) is 1. The van der Waals surface area contributed by atoms with Crippen molar-refractivity contribution in [3.8, 4) is 0 Å². The lowest BCUT2D eigenvalue weighted by Gasteiger charge is -2.29. The Kier molecular flexibility index (Phi) is 4.17. The van der Waals surface area contributed by atoms with Crippen LogP contribution in [0, 0.1) is 5.41 Å². The Hall–Kier alpha value is -1.84. The Balaban J connectivity index is 1.97. The van der Waals surface area contributed by atoms with E-state index in [2.05, 4.69) is 55.8 Å². The molecule has 1 heterocycles. The summed E-state index contributed by atoms with van der Waals surface area (Å²) in [5.74, 6) is 0.760. The van der Waals surface area contributed by atoms with Crippen molar-refractivity contribution < 1.29 is 4.79 Å². The number of nitrogens with zero attached hydrogens (tertiary/aromatic N) is 2. The average Bonchev–Trinajstić information content (AvgIpc) is 2.72. The van der Waals surface area contributed by atoms with Crippen LogP contribution >= 0.6 is 0 Å². The van der Waals surface area contributed by atoms with Crippen molar-refractivity contribution in [3.05, 3.63) is 23.8 Å². The van der Waals surface area contributed by atoms with Gasteiger partial charge in [-0.2, -0.15) is 0 Å². The molecule has 1 fully saturated rings. The Morgan fingerprint density at radius 3 is 2.65 bits per heavy atom. The van der Waals surface area contributed by atoms with Crippen molar-refractivity contribution in [2.45, 2.75) is 65.8 Å². The Labute approximate surface area is 138 Å². The highest BCUT2D eigenvalue weighted by Crippen LogP contribution is 2.37. The average molecular weight is 313 g/mol. The molecule has 0 atom stereocenters. The number of carbonyl (C=O) groups is 1. The maximum Gasteiger partial charge on any atom is 0.227 e. The van der Waals surface area contributed by atoms with Crippen LogP contribution in [0.2, 0.25) is 0 Å². The molecule has 2 aromatic rings. The summed E-state index contributed by atoms with van der Waals surface area (Å²) >= 11 is 0. The lowest BCUT2D eigenvalue weighted by Crippen LogP contribution is -2.24. The van der Waals surface area contributed by atoms with Crippen molar-refractivity contribution in [2.75, 3.05) is 5.32 Å². The molecule has 0 aliphatic heterocycles. The van der Waals surface area contributed by atoms with Crippen molar-refractivity contribution in [1.82, 2.24) is 9.55 Å². The van der Waals surface area contributed by atoms with E-state index in [1.807, 2.05) is 0 Å². The lowest BCUT2D eigenvalue weighted by molar-refractivity contribution is -0.117. The van der Waals surface area contributed by atoms with Crippen LogP contribution in [0.25, 0.3) is 11.0 Å². The molecular weight excluding hydrogens is 286 g/mol. The first-order chi connectivity index (χ1) is 10.9. The van der Waals surface area contributed by atoms with Crippen molar-refractivity contribution >= 4 is 22.9 Å². The molecule has 1 N–H and O–H groups in total. The zero-order valence-electron chi connectivity index (χ0n) is 14.6. The van der Waals surface area contributed by atoms with Gasteiger partial charge in [-0.3, -0.25) is 10.1 Å². The van der Waals surface area contributed by atoms with Crippen LogP contribution in [0.5, 0.6) is 0 Å². The van der Waals surface area contributed by atoms with Gasteiger partial charge in [-0.25, -0.2) is 4.98 Å². The summed E-state index contributed by atoms with van der Waals surface area (Å²) in [6.07, 6.45) is 5.11. The molecule has 1 aromatic heterocycles. The molecule has 3 rings (SSSR count). The summed E-state index contributed by atoms with van der Waals surface area (Å²) in [5, 5.41) is 3.06. The zero-order chi connectivity index (χ0) is 16.6. The number of rotatable bonds is 4. The van der Waals surface area contributed by atoms with E-state index in [4.69, 9.17) is 4.98 Å². The molecule has 0 unspecified atom stereocenters. The summed E-state index contributed by atoms with van der Waals surface area (Å²) < 4.78 is 2.25. The van der Waals surface area contributed by atoms with E-state index in [1.165, 1.54) is 24.8 Å². The van der Waals surface area contributed by atoms with Gasteiger partial charge >= 0.3 is 0 Å². The van der Waals surface area contributed by atoms with Gasteiger partial charge in [0.25, 0.3) is 0 Å². The Bertz CT molecular complexity index is 720. The number of fused-ring (bicyclic) bond motifs is 1. The van der Waals surface area contributed by atoms with Crippen LogP contribution in [-0.2, 0) is 11.2 Å². The minimum atomic E-state index is -0.0211. The summed E-state index contributed by atoms with van der Waals surface area (Å²) in [5.41, 5.74) is 3.41. The Morgan fingerprint density at radius 1 is 1.35 bits per heavy atom. The van der Waals surface area contributed by atoms with Crippen molar-refractivity contribution in [1.29, 1.82) is 0 Å². The highest BCUT2D eigenvalue weighted by Gasteiger charge is 2.26. The first-order valence-electron chi connectivity index (χ1n) is 8.68. The predicted octanol–water partition coefficient (Wildman–Crippen LogP) is 4.70. The van der Waals surface area contributed by atoms with E-state index < -0.39 is 0 Å². The monoisotopic (exact) mass is 313 g/mol. The molecule has 4 nitrogen and oxygen atoms in total. The summed E-state index contributed by atoms with van der Waals surface area (Å²) in [6, 6.07) is 6.89. The first kappa shape index (κ1) is 16.0. The van der Waals surface area contributed by atoms with Gasteiger partial charge in [-0.05, 0) is 48.8 Å². The van der Waals surface area contributed by atoms with Crippen molar-refractivity contribution in [2.24, 2.45) is 5.41 Å². The molecule has 0 spiro atoms. The smallest absolute Gasteiger partial charge is 0.227 e. The second kappa shape index (κ2) is 5.99. The van der Waals surface area contributed by atoms with Gasteiger partial charge in [-0.1, -0.05) is 33.8 Å².